The monoisotopic (exact) mass is 616 g/mol. The topological polar surface area (TPSA) is 101 Å². The zero-order valence-corrected chi connectivity index (χ0v) is 25.4. The van der Waals surface area contributed by atoms with E-state index in [1.54, 1.807) is 24.8 Å². The van der Waals surface area contributed by atoms with Crippen LogP contribution in [0.15, 0.2) is 189 Å². The summed E-state index contributed by atoms with van der Waals surface area (Å²) in [5.41, 5.74) is 13.4. The van der Waals surface area contributed by atoms with Gasteiger partial charge in [0.25, 0.3) is 0 Å². The van der Waals surface area contributed by atoms with Crippen molar-refractivity contribution in [3.63, 3.8) is 0 Å². The molecule has 8 heteroatoms. The van der Waals surface area contributed by atoms with E-state index in [9.17, 15) is 0 Å². The van der Waals surface area contributed by atoms with Crippen LogP contribution in [-0.4, -0.2) is 42.8 Å². The molecule has 0 amide bonds. The van der Waals surface area contributed by atoms with Crippen molar-refractivity contribution in [2.24, 2.45) is 20.0 Å². The maximum Gasteiger partial charge on any atom is 0.0738 e. The number of aliphatic imine (C=N–C) groups is 4. The summed E-state index contributed by atoms with van der Waals surface area (Å²) in [4.78, 5) is 38.7. The number of hydrogen-bond donors (Lipinski definition) is 0. The zero-order chi connectivity index (χ0) is 31.9. The first-order chi connectivity index (χ1) is 23.8. The number of rotatable bonds is 4. The summed E-state index contributed by atoms with van der Waals surface area (Å²) in [6, 6.07) is 15.8. The molecule has 0 atom stereocenters. The van der Waals surface area contributed by atoms with Crippen LogP contribution in [0.3, 0.4) is 0 Å². The second-order valence-corrected chi connectivity index (χ2v) is 11.3. The van der Waals surface area contributed by atoms with E-state index < -0.39 is 0 Å². The molecule has 48 heavy (non-hydrogen) atoms. The van der Waals surface area contributed by atoms with Crippen molar-refractivity contribution in [2.75, 3.05) is 0 Å². The van der Waals surface area contributed by atoms with Crippen molar-refractivity contribution >= 4 is 45.1 Å². The minimum atomic E-state index is 0.780. The van der Waals surface area contributed by atoms with E-state index in [0.717, 1.165) is 90.2 Å². The minimum Gasteiger partial charge on any atom is -0.264 e. The van der Waals surface area contributed by atoms with Crippen LogP contribution in [-0.2, 0) is 0 Å². The lowest BCUT2D eigenvalue weighted by atomic mass is 10.00. The molecule has 8 nitrogen and oxygen atoms in total. The van der Waals surface area contributed by atoms with Crippen LogP contribution in [0.4, 0.5) is 0 Å². The highest BCUT2D eigenvalue weighted by Gasteiger charge is 2.27. The van der Waals surface area contributed by atoms with Crippen molar-refractivity contribution in [2.45, 2.75) is 0 Å². The first-order valence-electron chi connectivity index (χ1n) is 15.5. The molecule has 9 heterocycles. The predicted octanol–water partition coefficient (Wildman–Crippen LogP) is 7.27. The summed E-state index contributed by atoms with van der Waals surface area (Å²) in [7, 11) is 0. The quantitative estimate of drug-likeness (QED) is 0.241. The molecule has 0 saturated heterocycles. The van der Waals surface area contributed by atoms with Gasteiger partial charge in [-0.15, -0.1) is 0 Å². The number of aromatic nitrogens is 4. The van der Waals surface area contributed by atoms with Gasteiger partial charge in [0.05, 0.1) is 45.6 Å². The maximum absolute atomic E-state index is 5.23. The summed E-state index contributed by atoms with van der Waals surface area (Å²) < 4.78 is 0. The number of nitrogens with zero attached hydrogens (tertiary/aromatic N) is 8. The first-order valence-corrected chi connectivity index (χ1v) is 15.5. The van der Waals surface area contributed by atoms with E-state index >= 15 is 0 Å². The van der Waals surface area contributed by atoms with E-state index in [-0.39, 0.29) is 0 Å². The number of pyridine rings is 4. The highest BCUT2D eigenvalue weighted by Crippen LogP contribution is 2.38. The van der Waals surface area contributed by atoms with Crippen LogP contribution >= 0.6 is 0 Å². The fourth-order valence-corrected chi connectivity index (χ4v) is 6.31. The van der Waals surface area contributed by atoms with Crippen molar-refractivity contribution in [3.05, 3.63) is 192 Å². The van der Waals surface area contributed by atoms with Crippen LogP contribution in [0, 0.1) is 0 Å². The third-order valence-corrected chi connectivity index (χ3v) is 8.41. The highest BCUT2D eigenvalue weighted by atomic mass is 14.9. The lowest BCUT2D eigenvalue weighted by molar-refractivity contribution is 1.30. The SMILES string of the molecule is C1=CC2=C(c3cccnc3)C3=NC(=C(c4cccnc4)C4=NC(=C(c5cccnc5)C5=NC(=C(c6cccnc6)C1=N2)C=C5)C=C4)C=C3. The molecule has 9 rings (SSSR count). The van der Waals surface area contributed by atoms with Gasteiger partial charge in [-0.3, -0.25) is 19.9 Å². The van der Waals surface area contributed by atoms with E-state index in [4.69, 9.17) is 20.0 Å². The van der Waals surface area contributed by atoms with E-state index in [1.807, 2.05) is 122 Å². The average Bonchev–Trinajstić information content (AvgIpc) is 3.98. The minimum absolute atomic E-state index is 0.780. The molecule has 0 saturated carbocycles. The molecule has 0 radical (unpaired) electrons. The van der Waals surface area contributed by atoms with Crippen molar-refractivity contribution in [3.8, 4) is 0 Å². The Bertz CT molecular complexity index is 2040. The van der Waals surface area contributed by atoms with Gasteiger partial charge in [0.2, 0.25) is 0 Å². The molecular weight excluding hydrogens is 592 g/mol. The molecule has 5 aliphatic rings. The summed E-state index contributed by atoms with van der Waals surface area (Å²) in [5.74, 6) is 0. The molecule has 0 aliphatic carbocycles. The lowest BCUT2D eigenvalue weighted by Gasteiger charge is -2.12. The average molecular weight is 617 g/mol. The fourth-order valence-electron chi connectivity index (χ4n) is 6.31. The predicted molar refractivity (Wildman–Crippen MR) is 191 cm³/mol. The van der Waals surface area contributed by atoms with Crippen LogP contribution in [0.5, 0.6) is 0 Å². The summed E-state index contributed by atoms with van der Waals surface area (Å²) >= 11 is 0. The van der Waals surface area contributed by atoms with Crippen molar-refractivity contribution in [1.29, 1.82) is 0 Å². The molecule has 5 aliphatic heterocycles. The van der Waals surface area contributed by atoms with E-state index in [1.165, 1.54) is 0 Å². The van der Waals surface area contributed by atoms with Gasteiger partial charge in [0.15, 0.2) is 0 Å². The van der Waals surface area contributed by atoms with Gasteiger partial charge in [-0.25, -0.2) is 20.0 Å². The molecule has 0 aromatic carbocycles. The molecule has 0 N–H and O–H groups in total. The number of allylic oxidation sites excluding steroid dienone is 12. The van der Waals surface area contributed by atoms with Gasteiger partial charge < -0.3 is 0 Å². The lowest BCUT2D eigenvalue weighted by Crippen LogP contribution is -2.04. The molecule has 0 spiro atoms. The largest absolute Gasteiger partial charge is 0.264 e. The Morgan fingerprint density at radius 2 is 0.542 bits per heavy atom. The van der Waals surface area contributed by atoms with Crippen LogP contribution in [0.2, 0.25) is 0 Å². The molecule has 0 fully saturated rings. The van der Waals surface area contributed by atoms with Crippen LogP contribution < -0.4 is 0 Å². The summed E-state index contributed by atoms with van der Waals surface area (Å²) in [5, 5.41) is 0. The Balaban J connectivity index is 1.37. The highest BCUT2D eigenvalue weighted by molar-refractivity contribution is 6.39. The van der Waals surface area contributed by atoms with E-state index in [0.29, 0.717) is 0 Å². The number of hydrogen-bond acceptors (Lipinski definition) is 8. The molecule has 8 bridgehead atoms. The third kappa shape index (κ3) is 4.80. The molecule has 224 valence electrons. The maximum atomic E-state index is 5.23. The van der Waals surface area contributed by atoms with E-state index in [2.05, 4.69) is 19.9 Å². The third-order valence-electron chi connectivity index (χ3n) is 8.41. The Morgan fingerprint density at radius 3 is 0.750 bits per heavy atom. The van der Waals surface area contributed by atoms with Gasteiger partial charge in [0, 0.05) is 94.1 Å². The van der Waals surface area contributed by atoms with Gasteiger partial charge in [-0.2, -0.15) is 0 Å². The Hall–Kier alpha value is -6.80. The van der Waals surface area contributed by atoms with Crippen LogP contribution in [0.1, 0.15) is 22.3 Å². The molecule has 4 aromatic rings. The van der Waals surface area contributed by atoms with Gasteiger partial charge in [-0.1, -0.05) is 24.3 Å². The van der Waals surface area contributed by atoms with Crippen LogP contribution in [0.25, 0.3) is 22.3 Å². The standard InChI is InChI=1S/C40H24N8/c1-5-25(21-41-17-1)37-29-9-11-31(45-29)38(26-6-2-18-42-22-26)33-13-15-35(47-33)40(28-8-4-20-44-24-28)36-16-14-34(48-36)39(27-7-3-19-43-23-27)32-12-10-30(37)46-32/h1-24H. The fraction of sp³-hybridized carbons (Fsp3) is 0. The summed E-state index contributed by atoms with van der Waals surface area (Å²) in [6.07, 6.45) is 30.7. The smallest absolute Gasteiger partial charge is 0.0738 e. The zero-order valence-electron chi connectivity index (χ0n) is 25.4. The van der Waals surface area contributed by atoms with Crippen molar-refractivity contribution in [1.82, 2.24) is 19.9 Å². The Kier molecular flexibility index (Phi) is 6.61. The Labute approximate surface area is 276 Å². The van der Waals surface area contributed by atoms with Crippen molar-refractivity contribution < 1.29 is 0 Å². The number of fused-ring (bicyclic) bond motifs is 4. The molecule has 4 aromatic heterocycles. The van der Waals surface area contributed by atoms with Gasteiger partial charge >= 0.3 is 0 Å². The van der Waals surface area contributed by atoms with Gasteiger partial charge in [-0.05, 0) is 72.9 Å². The molecule has 0 unspecified atom stereocenters. The normalized spacial score (nSPS) is 17.8. The second kappa shape index (κ2) is 11.5. The first kappa shape index (κ1) is 27.5. The second-order valence-electron chi connectivity index (χ2n) is 11.3. The summed E-state index contributed by atoms with van der Waals surface area (Å²) in [6.45, 7) is 0. The van der Waals surface area contributed by atoms with Gasteiger partial charge in [0.1, 0.15) is 0 Å². The molecular formula is C40H24N8. The Morgan fingerprint density at radius 1 is 0.292 bits per heavy atom.